The van der Waals surface area contributed by atoms with Crippen LogP contribution in [0.1, 0.15) is 30.0 Å². The quantitative estimate of drug-likeness (QED) is 0.913. The molecule has 0 aliphatic carbocycles. The van der Waals surface area contributed by atoms with Gasteiger partial charge in [0.25, 0.3) is 0 Å². The Balaban J connectivity index is 2.40. The van der Waals surface area contributed by atoms with Gasteiger partial charge in [-0.05, 0) is 36.9 Å². The minimum absolute atomic E-state index is 0.0700. The minimum Gasteiger partial charge on any atom is -0.312 e. The van der Waals surface area contributed by atoms with Crippen molar-refractivity contribution >= 4 is 0 Å². The average molecular weight is 262 g/mol. The zero-order valence-corrected chi connectivity index (χ0v) is 10.9. The van der Waals surface area contributed by atoms with E-state index in [0.29, 0.717) is 0 Å². The van der Waals surface area contributed by atoms with Crippen molar-refractivity contribution in [3.05, 3.63) is 65.5 Å². The molecule has 0 amide bonds. The molecule has 2 atom stereocenters. The van der Waals surface area contributed by atoms with Gasteiger partial charge in [0, 0.05) is 29.9 Å². The highest BCUT2D eigenvalue weighted by Gasteiger charge is 2.25. The summed E-state index contributed by atoms with van der Waals surface area (Å²) in [6, 6.07) is 7.22. The fourth-order valence-corrected chi connectivity index (χ4v) is 2.31. The molecule has 19 heavy (non-hydrogen) atoms. The minimum atomic E-state index is -0.528. The number of benzene rings is 1. The lowest BCUT2D eigenvalue weighted by molar-refractivity contribution is 0.448. The van der Waals surface area contributed by atoms with Gasteiger partial charge >= 0.3 is 0 Å². The lowest BCUT2D eigenvalue weighted by atomic mass is 9.88. The fraction of sp³-hybridized carbons (Fsp3) is 0.267. The lowest BCUT2D eigenvalue weighted by Crippen LogP contribution is -2.24. The van der Waals surface area contributed by atoms with Crippen molar-refractivity contribution in [3.8, 4) is 0 Å². The molecule has 100 valence electrons. The van der Waals surface area contributed by atoms with Crippen molar-refractivity contribution in [1.82, 2.24) is 10.3 Å². The first-order valence-electron chi connectivity index (χ1n) is 6.16. The number of rotatable bonds is 4. The number of hydrogen-bond acceptors (Lipinski definition) is 2. The van der Waals surface area contributed by atoms with Crippen LogP contribution in [0.25, 0.3) is 0 Å². The van der Waals surface area contributed by atoms with E-state index in [1.165, 1.54) is 18.2 Å². The summed E-state index contributed by atoms with van der Waals surface area (Å²) in [5, 5.41) is 3.00. The molecule has 2 aromatic rings. The maximum absolute atomic E-state index is 13.9. The predicted molar refractivity (Wildman–Crippen MR) is 70.8 cm³/mol. The molecule has 1 heterocycles. The second kappa shape index (κ2) is 5.89. The van der Waals surface area contributed by atoms with Gasteiger partial charge in [-0.3, -0.25) is 4.98 Å². The third-order valence-corrected chi connectivity index (χ3v) is 3.35. The van der Waals surface area contributed by atoms with Gasteiger partial charge in [0.2, 0.25) is 0 Å². The van der Waals surface area contributed by atoms with Crippen LogP contribution in [0, 0.1) is 11.6 Å². The maximum atomic E-state index is 13.9. The monoisotopic (exact) mass is 262 g/mol. The van der Waals surface area contributed by atoms with Crippen LogP contribution in [-0.4, -0.2) is 12.0 Å². The third-order valence-electron chi connectivity index (χ3n) is 3.35. The van der Waals surface area contributed by atoms with Gasteiger partial charge in [-0.15, -0.1) is 0 Å². The molecule has 4 heteroatoms. The SMILES string of the molecule is CNC(c1c(F)cccc1F)C(C)c1ccncc1. The predicted octanol–water partition coefficient (Wildman–Crippen LogP) is 3.42. The molecule has 1 aromatic carbocycles. The summed E-state index contributed by atoms with van der Waals surface area (Å²) >= 11 is 0. The Morgan fingerprint density at radius 2 is 1.63 bits per heavy atom. The molecule has 2 rings (SSSR count). The van der Waals surface area contributed by atoms with Crippen LogP contribution < -0.4 is 5.32 Å². The molecule has 0 radical (unpaired) electrons. The van der Waals surface area contributed by atoms with E-state index in [-0.39, 0.29) is 11.5 Å². The van der Waals surface area contributed by atoms with E-state index in [2.05, 4.69) is 10.3 Å². The Morgan fingerprint density at radius 1 is 1.05 bits per heavy atom. The number of aromatic nitrogens is 1. The fourth-order valence-electron chi connectivity index (χ4n) is 2.31. The van der Waals surface area contributed by atoms with E-state index in [0.717, 1.165) is 5.56 Å². The molecular formula is C15H16F2N2. The standard InChI is InChI=1S/C15H16F2N2/c1-10(11-6-8-19-9-7-11)15(18-2)14-12(16)4-3-5-13(14)17/h3-10,15,18H,1-2H3. The number of hydrogen-bond donors (Lipinski definition) is 1. The van der Waals surface area contributed by atoms with E-state index >= 15 is 0 Å². The second-order valence-corrected chi connectivity index (χ2v) is 4.47. The van der Waals surface area contributed by atoms with Gasteiger partial charge in [-0.25, -0.2) is 8.78 Å². The Kier molecular flexibility index (Phi) is 4.22. The largest absolute Gasteiger partial charge is 0.312 e. The number of likely N-dealkylation sites (N-methyl/N-ethyl adjacent to an activating group) is 1. The van der Waals surface area contributed by atoms with Gasteiger partial charge in [-0.1, -0.05) is 13.0 Å². The third kappa shape index (κ3) is 2.79. The smallest absolute Gasteiger partial charge is 0.130 e. The highest BCUT2D eigenvalue weighted by atomic mass is 19.1. The summed E-state index contributed by atoms with van der Waals surface area (Å²) in [6.07, 6.45) is 3.35. The van der Waals surface area contributed by atoms with Gasteiger partial charge in [0.1, 0.15) is 11.6 Å². The Morgan fingerprint density at radius 3 is 2.16 bits per heavy atom. The molecule has 0 fully saturated rings. The van der Waals surface area contributed by atoms with Crippen molar-refractivity contribution < 1.29 is 8.78 Å². The zero-order valence-electron chi connectivity index (χ0n) is 10.9. The average Bonchev–Trinajstić information content (AvgIpc) is 2.43. The van der Waals surface area contributed by atoms with Gasteiger partial charge in [0.05, 0.1) is 0 Å². The molecule has 0 bridgehead atoms. The molecule has 0 saturated carbocycles. The Bertz CT molecular complexity index is 523. The highest BCUT2D eigenvalue weighted by Crippen LogP contribution is 2.32. The summed E-state index contributed by atoms with van der Waals surface area (Å²) in [4.78, 5) is 3.95. The van der Waals surface area contributed by atoms with Crippen LogP contribution in [0.15, 0.2) is 42.7 Å². The molecule has 1 aromatic heterocycles. The van der Waals surface area contributed by atoms with Gasteiger partial charge in [-0.2, -0.15) is 0 Å². The van der Waals surface area contributed by atoms with E-state index in [1.807, 2.05) is 19.1 Å². The number of halogens is 2. The van der Waals surface area contributed by atoms with Crippen molar-refractivity contribution in [2.75, 3.05) is 7.05 Å². The number of nitrogens with one attached hydrogen (secondary N) is 1. The number of pyridine rings is 1. The van der Waals surface area contributed by atoms with E-state index in [4.69, 9.17) is 0 Å². The molecule has 0 spiro atoms. The molecule has 0 aliphatic rings. The van der Waals surface area contributed by atoms with Crippen LogP contribution in [0.3, 0.4) is 0 Å². The van der Waals surface area contributed by atoms with E-state index < -0.39 is 17.7 Å². The van der Waals surface area contributed by atoms with Gasteiger partial charge < -0.3 is 5.32 Å². The van der Waals surface area contributed by atoms with Crippen molar-refractivity contribution in [1.29, 1.82) is 0 Å². The van der Waals surface area contributed by atoms with Crippen LogP contribution in [0.5, 0.6) is 0 Å². The Hall–Kier alpha value is -1.81. The van der Waals surface area contributed by atoms with Gasteiger partial charge in [0.15, 0.2) is 0 Å². The van der Waals surface area contributed by atoms with Crippen LogP contribution in [0.4, 0.5) is 8.78 Å². The molecule has 0 aliphatic heterocycles. The summed E-state index contributed by atoms with van der Waals surface area (Å²) in [5.74, 6) is -1.13. The molecule has 1 N–H and O–H groups in total. The molecular weight excluding hydrogens is 246 g/mol. The van der Waals surface area contributed by atoms with Crippen LogP contribution >= 0.6 is 0 Å². The summed E-state index contributed by atoms with van der Waals surface area (Å²) in [6.45, 7) is 1.93. The summed E-state index contributed by atoms with van der Waals surface area (Å²) in [7, 11) is 1.70. The highest BCUT2D eigenvalue weighted by molar-refractivity contribution is 5.28. The Labute approximate surface area is 111 Å². The first-order valence-corrected chi connectivity index (χ1v) is 6.16. The van der Waals surface area contributed by atoms with Crippen molar-refractivity contribution in [3.63, 3.8) is 0 Å². The zero-order chi connectivity index (χ0) is 13.8. The molecule has 2 nitrogen and oxygen atoms in total. The van der Waals surface area contributed by atoms with Crippen LogP contribution in [0.2, 0.25) is 0 Å². The topological polar surface area (TPSA) is 24.9 Å². The van der Waals surface area contributed by atoms with E-state index in [1.54, 1.807) is 19.4 Å². The normalized spacial score (nSPS) is 14.1. The summed E-state index contributed by atoms with van der Waals surface area (Å²) in [5.41, 5.74) is 1.06. The molecule has 0 saturated heterocycles. The molecule has 2 unspecified atom stereocenters. The number of nitrogens with zero attached hydrogens (tertiary/aromatic N) is 1. The maximum Gasteiger partial charge on any atom is 0.130 e. The van der Waals surface area contributed by atoms with Crippen molar-refractivity contribution in [2.24, 2.45) is 0 Å². The first kappa shape index (κ1) is 13.6. The second-order valence-electron chi connectivity index (χ2n) is 4.47. The first-order chi connectivity index (χ1) is 9.15. The van der Waals surface area contributed by atoms with E-state index in [9.17, 15) is 8.78 Å². The lowest BCUT2D eigenvalue weighted by Gasteiger charge is -2.25. The van der Waals surface area contributed by atoms with Crippen molar-refractivity contribution in [2.45, 2.75) is 18.9 Å². The summed E-state index contributed by atoms with van der Waals surface area (Å²) < 4.78 is 27.7. The van der Waals surface area contributed by atoms with Crippen LogP contribution in [-0.2, 0) is 0 Å².